The molecule has 0 saturated carbocycles. The number of nitrogens with one attached hydrogen (secondary N) is 1. The smallest absolute Gasteiger partial charge is 0.233 e. The number of aromatic nitrogens is 4. The Bertz CT molecular complexity index is 600. The molecule has 1 amide bonds. The topological polar surface area (TPSA) is 72.7 Å². The van der Waals surface area contributed by atoms with Crippen LogP contribution in [0.15, 0.2) is 30.3 Å². The van der Waals surface area contributed by atoms with Gasteiger partial charge in [0.2, 0.25) is 5.91 Å². The van der Waals surface area contributed by atoms with Crippen LogP contribution in [0, 0.1) is 0 Å². The summed E-state index contributed by atoms with van der Waals surface area (Å²) in [7, 11) is 0. The van der Waals surface area contributed by atoms with E-state index in [1.807, 2.05) is 30.3 Å². The lowest BCUT2D eigenvalue weighted by atomic mass is 10.2. The Morgan fingerprint density at radius 1 is 1.29 bits per heavy atom. The van der Waals surface area contributed by atoms with E-state index in [9.17, 15) is 4.79 Å². The molecule has 1 saturated heterocycles. The van der Waals surface area contributed by atoms with Crippen molar-refractivity contribution in [2.75, 3.05) is 6.54 Å². The second kappa shape index (κ2) is 6.71. The van der Waals surface area contributed by atoms with E-state index in [-0.39, 0.29) is 11.2 Å². The van der Waals surface area contributed by atoms with Gasteiger partial charge < -0.3 is 5.32 Å². The van der Waals surface area contributed by atoms with Crippen molar-refractivity contribution in [2.24, 2.45) is 0 Å². The molecule has 3 rings (SSSR count). The molecule has 1 atom stereocenters. The first-order valence-corrected chi connectivity index (χ1v) is 8.11. The Morgan fingerprint density at radius 2 is 2.14 bits per heavy atom. The SMILES string of the molecule is O=C1NCCCC[C@@H]1SCc1nnnn1-c1ccccc1. The fourth-order valence-corrected chi connectivity index (χ4v) is 3.41. The number of amides is 1. The molecule has 1 aromatic carbocycles. The van der Waals surface area contributed by atoms with Crippen LogP contribution in [0.4, 0.5) is 0 Å². The molecule has 2 aromatic rings. The number of hydrogen-bond donors (Lipinski definition) is 1. The average Bonchev–Trinajstić information content (AvgIpc) is 2.89. The molecule has 1 fully saturated rings. The van der Waals surface area contributed by atoms with E-state index in [1.54, 1.807) is 16.4 Å². The number of hydrogen-bond acceptors (Lipinski definition) is 5. The Kier molecular flexibility index (Phi) is 4.49. The number of benzene rings is 1. The summed E-state index contributed by atoms with van der Waals surface area (Å²) in [6.07, 6.45) is 3.06. The number of tetrazole rings is 1. The van der Waals surface area contributed by atoms with E-state index < -0.39 is 0 Å². The zero-order chi connectivity index (χ0) is 14.5. The highest BCUT2D eigenvalue weighted by atomic mass is 32.2. The van der Waals surface area contributed by atoms with Gasteiger partial charge in [0.05, 0.1) is 16.7 Å². The third-order valence-corrected chi connectivity index (χ3v) is 4.71. The molecule has 7 heteroatoms. The molecular formula is C14H17N5OS. The van der Waals surface area contributed by atoms with Crippen molar-refractivity contribution in [3.8, 4) is 5.69 Å². The minimum Gasteiger partial charge on any atom is -0.355 e. The van der Waals surface area contributed by atoms with Gasteiger partial charge in [0.15, 0.2) is 5.82 Å². The molecule has 21 heavy (non-hydrogen) atoms. The lowest BCUT2D eigenvalue weighted by Gasteiger charge is -2.12. The standard InChI is InChI=1S/C14H17N5OS/c20-14-12(8-4-5-9-15-14)21-10-13-16-17-18-19(13)11-6-2-1-3-7-11/h1-3,6-7,12H,4-5,8-10H2,(H,15,20)/t12-/m0/s1. The van der Waals surface area contributed by atoms with Crippen molar-refractivity contribution in [1.29, 1.82) is 0 Å². The lowest BCUT2D eigenvalue weighted by molar-refractivity contribution is -0.120. The molecule has 0 aliphatic carbocycles. The summed E-state index contributed by atoms with van der Waals surface area (Å²) >= 11 is 1.61. The van der Waals surface area contributed by atoms with E-state index in [4.69, 9.17) is 0 Å². The van der Waals surface area contributed by atoms with Gasteiger partial charge in [-0.05, 0) is 35.4 Å². The van der Waals surface area contributed by atoms with Gasteiger partial charge in [0.1, 0.15) is 0 Å². The molecule has 0 radical (unpaired) electrons. The minimum absolute atomic E-state index is 0.00609. The number of rotatable bonds is 4. The van der Waals surface area contributed by atoms with Crippen molar-refractivity contribution in [2.45, 2.75) is 30.3 Å². The van der Waals surface area contributed by atoms with E-state index in [0.717, 1.165) is 37.3 Å². The number of thioether (sulfide) groups is 1. The van der Waals surface area contributed by atoms with E-state index in [0.29, 0.717) is 5.75 Å². The van der Waals surface area contributed by atoms with Gasteiger partial charge in [-0.1, -0.05) is 24.6 Å². The first-order chi connectivity index (χ1) is 10.3. The zero-order valence-corrected chi connectivity index (χ0v) is 12.4. The van der Waals surface area contributed by atoms with Gasteiger partial charge in [0.25, 0.3) is 0 Å². The van der Waals surface area contributed by atoms with Crippen LogP contribution in [0.1, 0.15) is 25.1 Å². The molecule has 1 aliphatic rings. The number of para-hydroxylation sites is 1. The Hall–Kier alpha value is -1.89. The van der Waals surface area contributed by atoms with Crippen LogP contribution >= 0.6 is 11.8 Å². The summed E-state index contributed by atoms with van der Waals surface area (Å²) in [4.78, 5) is 11.9. The zero-order valence-electron chi connectivity index (χ0n) is 11.6. The summed E-state index contributed by atoms with van der Waals surface area (Å²) in [6, 6.07) is 9.78. The molecule has 110 valence electrons. The van der Waals surface area contributed by atoms with Gasteiger partial charge in [-0.3, -0.25) is 4.79 Å². The summed E-state index contributed by atoms with van der Waals surface area (Å²) in [6.45, 7) is 0.789. The molecule has 1 aliphatic heterocycles. The van der Waals surface area contributed by atoms with Crippen LogP contribution in [0.5, 0.6) is 0 Å². The van der Waals surface area contributed by atoms with Crippen LogP contribution in [-0.4, -0.2) is 37.9 Å². The van der Waals surface area contributed by atoms with E-state index in [2.05, 4.69) is 20.8 Å². The minimum atomic E-state index is -0.00609. The largest absolute Gasteiger partial charge is 0.355 e. The van der Waals surface area contributed by atoms with Gasteiger partial charge in [-0.15, -0.1) is 16.9 Å². The summed E-state index contributed by atoms with van der Waals surface area (Å²) in [5, 5.41) is 14.8. The fraction of sp³-hybridized carbons (Fsp3) is 0.429. The van der Waals surface area contributed by atoms with Crippen LogP contribution in [0.2, 0.25) is 0 Å². The van der Waals surface area contributed by atoms with Gasteiger partial charge >= 0.3 is 0 Å². The van der Waals surface area contributed by atoms with E-state index in [1.165, 1.54) is 0 Å². The van der Waals surface area contributed by atoms with Crippen LogP contribution in [0.25, 0.3) is 5.69 Å². The molecule has 0 spiro atoms. The summed E-state index contributed by atoms with van der Waals surface area (Å²) in [5.74, 6) is 1.53. The van der Waals surface area contributed by atoms with Gasteiger partial charge in [-0.2, -0.15) is 4.68 Å². The molecule has 6 nitrogen and oxygen atoms in total. The maximum absolute atomic E-state index is 11.9. The second-order valence-corrected chi connectivity index (χ2v) is 6.12. The first kappa shape index (κ1) is 14.1. The number of nitrogens with zero attached hydrogens (tertiary/aromatic N) is 4. The lowest BCUT2D eigenvalue weighted by Crippen LogP contribution is -2.30. The average molecular weight is 303 g/mol. The highest BCUT2D eigenvalue weighted by Gasteiger charge is 2.22. The molecule has 2 heterocycles. The Balaban J connectivity index is 1.69. The van der Waals surface area contributed by atoms with Crippen molar-refractivity contribution in [3.05, 3.63) is 36.2 Å². The van der Waals surface area contributed by atoms with Crippen LogP contribution in [0.3, 0.4) is 0 Å². The maximum Gasteiger partial charge on any atom is 0.233 e. The second-order valence-electron chi connectivity index (χ2n) is 4.93. The predicted octanol–water partition coefficient (Wildman–Crippen LogP) is 1.56. The van der Waals surface area contributed by atoms with Crippen LogP contribution < -0.4 is 5.32 Å². The third kappa shape index (κ3) is 3.41. The predicted molar refractivity (Wildman–Crippen MR) is 81.1 cm³/mol. The van der Waals surface area contributed by atoms with Gasteiger partial charge in [0, 0.05) is 6.54 Å². The molecule has 1 N–H and O–H groups in total. The van der Waals surface area contributed by atoms with Crippen molar-refractivity contribution < 1.29 is 4.79 Å². The van der Waals surface area contributed by atoms with Crippen molar-refractivity contribution in [1.82, 2.24) is 25.5 Å². The van der Waals surface area contributed by atoms with Crippen molar-refractivity contribution >= 4 is 17.7 Å². The van der Waals surface area contributed by atoms with Gasteiger partial charge in [-0.25, -0.2) is 0 Å². The third-order valence-electron chi connectivity index (χ3n) is 3.43. The monoisotopic (exact) mass is 303 g/mol. The van der Waals surface area contributed by atoms with Crippen LogP contribution in [-0.2, 0) is 10.5 Å². The molecule has 0 unspecified atom stereocenters. The summed E-state index contributed by atoms with van der Waals surface area (Å²) in [5.41, 5.74) is 0.934. The number of carbonyl (C=O) groups is 1. The summed E-state index contributed by atoms with van der Waals surface area (Å²) < 4.78 is 1.72. The molecule has 1 aromatic heterocycles. The molecular weight excluding hydrogens is 286 g/mol. The quantitative estimate of drug-likeness (QED) is 0.928. The maximum atomic E-state index is 11.9. The normalized spacial score (nSPS) is 19.0. The Labute approximate surface area is 127 Å². The highest BCUT2D eigenvalue weighted by molar-refractivity contribution is 7.99. The van der Waals surface area contributed by atoms with E-state index >= 15 is 0 Å². The molecule has 0 bridgehead atoms. The Morgan fingerprint density at radius 3 is 3.00 bits per heavy atom. The number of carbonyl (C=O) groups excluding carboxylic acids is 1. The first-order valence-electron chi connectivity index (χ1n) is 7.06. The highest BCUT2D eigenvalue weighted by Crippen LogP contribution is 2.23. The van der Waals surface area contributed by atoms with Crippen molar-refractivity contribution in [3.63, 3.8) is 0 Å². The fourth-order valence-electron chi connectivity index (χ4n) is 2.31.